The van der Waals surface area contributed by atoms with Crippen molar-refractivity contribution in [3.05, 3.63) is 0 Å². The van der Waals surface area contributed by atoms with E-state index in [0.29, 0.717) is 6.42 Å². The van der Waals surface area contributed by atoms with Gasteiger partial charge in [-0.2, -0.15) is 0 Å². The molecule has 0 bridgehead atoms. The lowest BCUT2D eigenvalue weighted by molar-refractivity contribution is 0.601. The van der Waals surface area contributed by atoms with E-state index in [1.807, 2.05) is 0 Å². The van der Waals surface area contributed by atoms with E-state index in [0.717, 1.165) is 0 Å². The average Bonchev–Trinajstić information content (AvgIpc) is 1.82. The second-order valence-electron chi connectivity index (χ2n) is 2.16. The molecule has 1 heterocycles. The molecule has 1 rings (SSSR count). The summed E-state index contributed by atoms with van der Waals surface area (Å²) < 4.78 is 21.1. The molecule has 3 nitrogen and oxygen atoms in total. The fourth-order valence-electron chi connectivity index (χ4n) is 0.824. The highest BCUT2D eigenvalue weighted by Crippen LogP contribution is 2.07. The van der Waals surface area contributed by atoms with Crippen LogP contribution in [0.25, 0.3) is 0 Å². The molecule has 0 unspecified atom stereocenters. The largest absolute Gasteiger partial charge is 0.327 e. The van der Waals surface area contributed by atoms with E-state index in [-0.39, 0.29) is 17.5 Å². The third-order valence-corrected chi connectivity index (χ3v) is 3.06. The van der Waals surface area contributed by atoms with Crippen LogP contribution in [0.4, 0.5) is 0 Å². The van der Waals surface area contributed by atoms with Crippen molar-refractivity contribution in [2.75, 3.05) is 11.5 Å². The van der Waals surface area contributed by atoms with E-state index >= 15 is 0 Å². The van der Waals surface area contributed by atoms with Crippen LogP contribution in [-0.2, 0) is 9.84 Å². The second kappa shape index (κ2) is 1.70. The molecule has 0 aromatic carbocycles. The molecule has 2 N–H and O–H groups in total. The Morgan fingerprint density at radius 1 is 1.50 bits per heavy atom. The summed E-state index contributed by atoms with van der Waals surface area (Å²) in [5, 5.41) is 0. The van der Waals surface area contributed by atoms with Gasteiger partial charge in [0, 0.05) is 6.04 Å². The first kappa shape index (κ1) is 6.04. The zero-order valence-corrected chi connectivity index (χ0v) is 5.32. The first-order chi connectivity index (χ1) is 3.60. The molecule has 0 aromatic rings. The summed E-state index contributed by atoms with van der Waals surface area (Å²) in [6.45, 7) is 0. The van der Waals surface area contributed by atoms with Crippen molar-refractivity contribution in [1.29, 1.82) is 0 Å². The lowest BCUT2D eigenvalue weighted by atomic mass is 10.3. The van der Waals surface area contributed by atoms with Crippen molar-refractivity contribution in [3.8, 4) is 0 Å². The summed E-state index contributed by atoms with van der Waals surface area (Å²) in [5.74, 6) is 0.473. The van der Waals surface area contributed by atoms with Crippen molar-refractivity contribution in [1.82, 2.24) is 0 Å². The Morgan fingerprint density at radius 3 is 2.25 bits per heavy atom. The standard InChI is InChI=1S/C4H9NO2S/c5-4-1-2-8(6,7)3-4/h4H,1-3,5H2/t4-/m1/s1. The van der Waals surface area contributed by atoms with E-state index in [1.54, 1.807) is 0 Å². The van der Waals surface area contributed by atoms with Crippen LogP contribution in [0, 0.1) is 0 Å². The Morgan fingerprint density at radius 2 is 2.12 bits per heavy atom. The minimum atomic E-state index is -2.72. The second-order valence-corrected chi connectivity index (χ2v) is 4.39. The van der Waals surface area contributed by atoms with Crippen LogP contribution in [0.3, 0.4) is 0 Å². The molecule has 1 fully saturated rings. The van der Waals surface area contributed by atoms with Gasteiger partial charge in [-0.15, -0.1) is 0 Å². The Kier molecular flexibility index (Phi) is 1.28. The number of sulfone groups is 1. The number of hydrogen-bond acceptors (Lipinski definition) is 3. The molecule has 0 amide bonds. The molecule has 48 valence electrons. The molecule has 0 aliphatic carbocycles. The Labute approximate surface area is 48.8 Å². The Hall–Kier alpha value is -0.0900. The monoisotopic (exact) mass is 135 g/mol. The highest BCUT2D eigenvalue weighted by atomic mass is 32.2. The average molecular weight is 135 g/mol. The molecule has 0 saturated carbocycles. The maximum absolute atomic E-state index is 10.6. The molecule has 0 aromatic heterocycles. The van der Waals surface area contributed by atoms with E-state index in [1.165, 1.54) is 0 Å². The molecular formula is C4H9NO2S. The van der Waals surface area contributed by atoms with Crippen LogP contribution < -0.4 is 5.73 Å². The van der Waals surface area contributed by atoms with Gasteiger partial charge < -0.3 is 5.73 Å². The molecule has 1 atom stereocenters. The zero-order chi connectivity index (χ0) is 6.20. The van der Waals surface area contributed by atoms with Crippen LogP contribution in [0.15, 0.2) is 0 Å². The highest BCUT2D eigenvalue weighted by Gasteiger charge is 2.24. The normalized spacial score (nSPS) is 35.4. The van der Waals surface area contributed by atoms with Crippen LogP contribution in [-0.4, -0.2) is 26.0 Å². The predicted octanol–water partition coefficient (Wildman–Crippen LogP) is -0.868. The fourth-order valence-corrected chi connectivity index (χ4v) is 2.47. The minimum Gasteiger partial charge on any atom is -0.327 e. The third-order valence-electron chi connectivity index (χ3n) is 1.27. The minimum absolute atomic E-state index is 0.0972. The first-order valence-electron chi connectivity index (χ1n) is 2.56. The lowest BCUT2D eigenvalue weighted by Crippen LogP contribution is -2.20. The van der Waals surface area contributed by atoms with Crippen molar-refractivity contribution in [2.24, 2.45) is 5.73 Å². The van der Waals surface area contributed by atoms with E-state index in [4.69, 9.17) is 5.73 Å². The molecule has 1 saturated heterocycles. The van der Waals surface area contributed by atoms with Gasteiger partial charge in [0.25, 0.3) is 0 Å². The summed E-state index contributed by atoms with van der Waals surface area (Å²) in [6, 6.07) is -0.0972. The number of hydrogen-bond donors (Lipinski definition) is 1. The summed E-state index contributed by atoms with van der Waals surface area (Å²) in [7, 11) is -2.72. The van der Waals surface area contributed by atoms with Crippen LogP contribution in [0.1, 0.15) is 6.42 Å². The van der Waals surface area contributed by atoms with Gasteiger partial charge in [-0.1, -0.05) is 0 Å². The lowest BCUT2D eigenvalue weighted by Gasteiger charge is -1.91. The SMILES string of the molecule is N[C@@H]1CCS(=O)(=O)C1. The van der Waals surface area contributed by atoms with Crippen molar-refractivity contribution in [2.45, 2.75) is 12.5 Å². The zero-order valence-electron chi connectivity index (χ0n) is 4.50. The highest BCUT2D eigenvalue weighted by molar-refractivity contribution is 7.91. The quantitative estimate of drug-likeness (QED) is 0.470. The third kappa shape index (κ3) is 1.20. The predicted molar refractivity (Wildman–Crippen MR) is 31.2 cm³/mol. The maximum Gasteiger partial charge on any atom is 0.151 e. The van der Waals surface area contributed by atoms with Gasteiger partial charge in [-0.05, 0) is 6.42 Å². The van der Waals surface area contributed by atoms with Gasteiger partial charge >= 0.3 is 0 Å². The molecular weight excluding hydrogens is 126 g/mol. The van der Waals surface area contributed by atoms with Gasteiger partial charge in [0.15, 0.2) is 9.84 Å². The van der Waals surface area contributed by atoms with Crippen LogP contribution in [0.2, 0.25) is 0 Å². The number of rotatable bonds is 0. The van der Waals surface area contributed by atoms with E-state index in [9.17, 15) is 8.42 Å². The van der Waals surface area contributed by atoms with E-state index in [2.05, 4.69) is 0 Å². The summed E-state index contributed by atoms with van der Waals surface area (Å²) >= 11 is 0. The Bertz CT molecular complexity index is 172. The van der Waals surface area contributed by atoms with E-state index < -0.39 is 9.84 Å². The molecule has 1 aliphatic heterocycles. The van der Waals surface area contributed by atoms with Crippen LogP contribution in [0.5, 0.6) is 0 Å². The van der Waals surface area contributed by atoms with Gasteiger partial charge in [-0.25, -0.2) is 8.42 Å². The van der Waals surface area contributed by atoms with Gasteiger partial charge in [-0.3, -0.25) is 0 Å². The molecule has 0 radical (unpaired) electrons. The van der Waals surface area contributed by atoms with Crippen LogP contribution >= 0.6 is 0 Å². The van der Waals surface area contributed by atoms with Crippen molar-refractivity contribution < 1.29 is 8.42 Å². The van der Waals surface area contributed by atoms with Crippen molar-refractivity contribution in [3.63, 3.8) is 0 Å². The summed E-state index contributed by atoms with van der Waals surface area (Å²) in [4.78, 5) is 0. The first-order valence-corrected chi connectivity index (χ1v) is 4.38. The summed E-state index contributed by atoms with van der Waals surface area (Å²) in [6.07, 6.45) is 0.641. The smallest absolute Gasteiger partial charge is 0.151 e. The molecule has 0 spiro atoms. The van der Waals surface area contributed by atoms with Gasteiger partial charge in [0.2, 0.25) is 0 Å². The molecule has 1 aliphatic rings. The van der Waals surface area contributed by atoms with Crippen molar-refractivity contribution >= 4 is 9.84 Å². The molecule has 8 heavy (non-hydrogen) atoms. The Balaban J connectivity index is 2.71. The summed E-state index contributed by atoms with van der Waals surface area (Å²) in [5.41, 5.74) is 5.33. The topological polar surface area (TPSA) is 60.2 Å². The fraction of sp³-hybridized carbons (Fsp3) is 1.00. The molecule has 4 heteroatoms. The maximum atomic E-state index is 10.6. The van der Waals surface area contributed by atoms with Gasteiger partial charge in [0.05, 0.1) is 11.5 Å². The van der Waals surface area contributed by atoms with Gasteiger partial charge in [0.1, 0.15) is 0 Å². The number of nitrogens with two attached hydrogens (primary N) is 1.